The number of anilines is 1. The molecule has 0 unspecified atom stereocenters. The molecule has 0 saturated heterocycles. The first-order chi connectivity index (χ1) is 11.6. The molecule has 0 bridgehead atoms. The van der Waals surface area contributed by atoms with Crippen molar-refractivity contribution in [2.24, 2.45) is 0 Å². The predicted octanol–water partition coefficient (Wildman–Crippen LogP) is 4.00. The minimum absolute atomic E-state index is 0.105. The molecule has 24 heavy (non-hydrogen) atoms. The fraction of sp³-hybridized carbons (Fsp3) is 0.167. The van der Waals surface area contributed by atoms with Gasteiger partial charge in [-0.15, -0.1) is 0 Å². The molecule has 3 aromatic rings. The minimum atomic E-state index is -0.105. The van der Waals surface area contributed by atoms with Crippen molar-refractivity contribution in [2.75, 3.05) is 5.32 Å². The Bertz CT molecular complexity index is 944. The lowest BCUT2D eigenvalue weighted by atomic mass is 9.99. The van der Waals surface area contributed by atoms with Gasteiger partial charge in [-0.25, -0.2) is 0 Å². The third-order valence-electron chi connectivity index (χ3n) is 4.34. The fourth-order valence-corrected chi connectivity index (χ4v) is 3.06. The number of allylic oxidation sites excluding steroid dienone is 1. The van der Waals surface area contributed by atoms with Gasteiger partial charge >= 0.3 is 0 Å². The molecule has 0 saturated carbocycles. The Balaban J connectivity index is 1.82. The maximum absolute atomic E-state index is 6.16. The number of aromatic nitrogens is 4. The summed E-state index contributed by atoms with van der Waals surface area (Å²) in [5.41, 5.74) is 5.66. The normalized spacial score (nSPS) is 16.3. The fourth-order valence-electron chi connectivity index (χ4n) is 2.86. The summed E-state index contributed by atoms with van der Waals surface area (Å²) < 4.78 is 1.76. The van der Waals surface area contributed by atoms with Gasteiger partial charge in [0.1, 0.15) is 6.04 Å². The van der Waals surface area contributed by atoms with Gasteiger partial charge in [-0.2, -0.15) is 4.68 Å². The van der Waals surface area contributed by atoms with Crippen LogP contribution >= 0.6 is 11.6 Å². The van der Waals surface area contributed by atoms with Crippen molar-refractivity contribution in [1.29, 1.82) is 0 Å². The lowest BCUT2D eigenvalue weighted by molar-refractivity contribution is 0.586. The second-order valence-electron chi connectivity index (χ2n) is 5.95. The highest BCUT2D eigenvalue weighted by Gasteiger charge is 2.24. The molecule has 4 rings (SSSR count). The molecule has 2 heterocycles. The maximum atomic E-state index is 6.16. The number of benzene rings is 2. The van der Waals surface area contributed by atoms with E-state index in [2.05, 4.69) is 59.0 Å². The molecule has 0 amide bonds. The number of rotatable bonds is 2. The third-order valence-corrected chi connectivity index (χ3v) is 4.57. The van der Waals surface area contributed by atoms with Crippen LogP contribution in [0.25, 0.3) is 5.70 Å². The predicted molar refractivity (Wildman–Crippen MR) is 94.9 cm³/mol. The summed E-state index contributed by atoms with van der Waals surface area (Å²) in [6.07, 6.45) is 2.12. The van der Waals surface area contributed by atoms with E-state index in [0.29, 0.717) is 11.0 Å². The summed E-state index contributed by atoms with van der Waals surface area (Å²) in [5.74, 6) is 0.621. The topological polar surface area (TPSA) is 55.6 Å². The highest BCUT2D eigenvalue weighted by atomic mass is 35.5. The van der Waals surface area contributed by atoms with Crippen LogP contribution < -0.4 is 5.32 Å². The molecule has 120 valence electrons. The zero-order chi connectivity index (χ0) is 16.7. The molecule has 0 radical (unpaired) electrons. The zero-order valence-corrected chi connectivity index (χ0v) is 14.1. The Labute approximate surface area is 145 Å². The van der Waals surface area contributed by atoms with Crippen molar-refractivity contribution >= 4 is 23.2 Å². The standard InChI is InChI=1S/C18H16ClN5/c1-11-6-7-13(8-12(11)2)16-10-17(14-4-3-5-15(19)9-14)24-18(20-16)21-22-23-24/h3-10,17H,1-2H3,(H,20,21,23)/t17-/m1/s1. The lowest BCUT2D eigenvalue weighted by Crippen LogP contribution is -2.20. The molecule has 1 aliphatic heterocycles. The van der Waals surface area contributed by atoms with Crippen molar-refractivity contribution < 1.29 is 0 Å². The van der Waals surface area contributed by atoms with E-state index in [4.69, 9.17) is 11.6 Å². The van der Waals surface area contributed by atoms with E-state index in [9.17, 15) is 0 Å². The summed E-state index contributed by atoms with van der Waals surface area (Å²) in [6, 6.07) is 14.1. The molecule has 1 aliphatic rings. The average Bonchev–Trinajstić information content (AvgIpc) is 3.05. The van der Waals surface area contributed by atoms with E-state index in [1.54, 1.807) is 4.68 Å². The third kappa shape index (κ3) is 2.57. The molecule has 1 atom stereocenters. The molecule has 0 aliphatic carbocycles. The van der Waals surface area contributed by atoms with Crippen LogP contribution in [0.1, 0.15) is 28.3 Å². The highest BCUT2D eigenvalue weighted by Crippen LogP contribution is 2.32. The molecule has 6 heteroatoms. The number of tetrazole rings is 1. The molecule has 5 nitrogen and oxygen atoms in total. The SMILES string of the molecule is Cc1ccc(C2=C[C@H](c3cccc(Cl)c3)n3nnnc3N2)cc1C. The number of nitrogens with one attached hydrogen (secondary N) is 1. The van der Waals surface area contributed by atoms with Crippen molar-refractivity contribution in [2.45, 2.75) is 19.9 Å². The Morgan fingerprint density at radius 3 is 2.75 bits per heavy atom. The van der Waals surface area contributed by atoms with E-state index in [0.717, 1.165) is 16.8 Å². The summed E-state index contributed by atoms with van der Waals surface area (Å²) in [6.45, 7) is 4.22. The first kappa shape index (κ1) is 14.9. The summed E-state index contributed by atoms with van der Waals surface area (Å²) >= 11 is 6.16. The van der Waals surface area contributed by atoms with Crippen LogP contribution in [-0.4, -0.2) is 20.2 Å². The number of fused-ring (bicyclic) bond motifs is 1. The Hall–Kier alpha value is -2.66. The maximum Gasteiger partial charge on any atom is 0.248 e. The van der Waals surface area contributed by atoms with E-state index in [-0.39, 0.29) is 6.04 Å². The zero-order valence-electron chi connectivity index (χ0n) is 13.4. The van der Waals surface area contributed by atoms with Gasteiger partial charge in [-0.3, -0.25) is 0 Å². The van der Waals surface area contributed by atoms with Gasteiger partial charge in [0.15, 0.2) is 0 Å². The highest BCUT2D eigenvalue weighted by molar-refractivity contribution is 6.30. The van der Waals surface area contributed by atoms with Crippen LogP contribution in [0.15, 0.2) is 48.5 Å². The number of hydrogen-bond acceptors (Lipinski definition) is 4. The van der Waals surface area contributed by atoms with Crippen molar-refractivity contribution in [1.82, 2.24) is 20.2 Å². The molecule has 0 fully saturated rings. The second kappa shape index (κ2) is 5.76. The number of aryl methyl sites for hydroxylation is 2. The molecular formula is C18H16ClN5. The van der Waals surface area contributed by atoms with Crippen LogP contribution in [0.5, 0.6) is 0 Å². The van der Waals surface area contributed by atoms with E-state index < -0.39 is 0 Å². The van der Waals surface area contributed by atoms with Crippen molar-refractivity contribution in [3.8, 4) is 0 Å². The van der Waals surface area contributed by atoms with Gasteiger partial charge < -0.3 is 5.32 Å². The minimum Gasteiger partial charge on any atom is -0.323 e. The van der Waals surface area contributed by atoms with E-state index in [1.807, 2.05) is 24.3 Å². The largest absolute Gasteiger partial charge is 0.323 e. The molecule has 2 aromatic carbocycles. The van der Waals surface area contributed by atoms with Crippen LogP contribution in [0.2, 0.25) is 5.02 Å². The molecule has 0 spiro atoms. The van der Waals surface area contributed by atoms with Crippen LogP contribution in [-0.2, 0) is 0 Å². The summed E-state index contributed by atoms with van der Waals surface area (Å²) in [4.78, 5) is 0. The Kier molecular flexibility index (Phi) is 3.58. The van der Waals surface area contributed by atoms with Crippen LogP contribution in [0, 0.1) is 13.8 Å². The first-order valence-corrected chi connectivity index (χ1v) is 8.09. The van der Waals surface area contributed by atoms with Crippen molar-refractivity contribution in [3.63, 3.8) is 0 Å². The smallest absolute Gasteiger partial charge is 0.248 e. The number of nitrogens with zero attached hydrogens (tertiary/aromatic N) is 4. The van der Waals surface area contributed by atoms with E-state index in [1.165, 1.54) is 11.1 Å². The molecule has 1 N–H and O–H groups in total. The van der Waals surface area contributed by atoms with Gasteiger partial charge in [0.25, 0.3) is 0 Å². The van der Waals surface area contributed by atoms with Crippen LogP contribution in [0.4, 0.5) is 5.95 Å². The monoisotopic (exact) mass is 337 g/mol. The lowest BCUT2D eigenvalue weighted by Gasteiger charge is -2.24. The summed E-state index contributed by atoms with van der Waals surface area (Å²) in [5, 5.41) is 16.0. The van der Waals surface area contributed by atoms with Gasteiger partial charge in [-0.1, -0.05) is 41.0 Å². The van der Waals surface area contributed by atoms with Crippen molar-refractivity contribution in [3.05, 3.63) is 75.8 Å². The van der Waals surface area contributed by atoms with Gasteiger partial charge in [0.2, 0.25) is 5.95 Å². The van der Waals surface area contributed by atoms with Gasteiger partial charge in [-0.05, 0) is 70.8 Å². The number of hydrogen-bond donors (Lipinski definition) is 1. The average molecular weight is 338 g/mol. The summed E-state index contributed by atoms with van der Waals surface area (Å²) in [7, 11) is 0. The molecular weight excluding hydrogens is 322 g/mol. The first-order valence-electron chi connectivity index (χ1n) is 7.71. The van der Waals surface area contributed by atoms with Gasteiger partial charge in [0, 0.05) is 10.7 Å². The molecule has 1 aromatic heterocycles. The van der Waals surface area contributed by atoms with E-state index >= 15 is 0 Å². The Morgan fingerprint density at radius 2 is 1.96 bits per heavy atom. The second-order valence-corrected chi connectivity index (χ2v) is 6.39. The quantitative estimate of drug-likeness (QED) is 0.768. The van der Waals surface area contributed by atoms with Gasteiger partial charge in [0.05, 0.1) is 0 Å². The van der Waals surface area contributed by atoms with Crippen LogP contribution in [0.3, 0.4) is 0 Å². The number of halogens is 1. The Morgan fingerprint density at radius 1 is 1.08 bits per heavy atom.